The summed E-state index contributed by atoms with van der Waals surface area (Å²) >= 11 is 8.07. The molecule has 4 rings (SSSR count). The van der Waals surface area contributed by atoms with Gasteiger partial charge >= 0.3 is 0 Å². The maximum Gasteiger partial charge on any atom is 0.244 e. The second-order valence-electron chi connectivity index (χ2n) is 6.83. The number of aryl methyl sites for hydroxylation is 1. The van der Waals surface area contributed by atoms with Crippen LogP contribution in [-0.4, -0.2) is 40.6 Å². The highest BCUT2D eigenvalue weighted by molar-refractivity contribution is 7.98. The molecule has 3 aromatic rings. The van der Waals surface area contributed by atoms with Crippen molar-refractivity contribution in [2.45, 2.75) is 35.4 Å². The lowest BCUT2D eigenvalue weighted by atomic mass is 10.3. The van der Waals surface area contributed by atoms with Crippen LogP contribution in [0.2, 0.25) is 5.15 Å². The van der Waals surface area contributed by atoms with Crippen LogP contribution in [0.5, 0.6) is 0 Å². The number of aromatic nitrogens is 3. The minimum Gasteiger partial charge on any atom is -0.249 e. The highest BCUT2D eigenvalue weighted by atomic mass is 35.5. The van der Waals surface area contributed by atoms with E-state index in [0.717, 1.165) is 34.8 Å². The molecular formula is C20H21ClN4O2S2. The van der Waals surface area contributed by atoms with Gasteiger partial charge in [-0.2, -0.15) is 9.40 Å². The van der Waals surface area contributed by atoms with Gasteiger partial charge in [-0.15, -0.1) is 11.8 Å². The molecule has 0 spiro atoms. The number of thioether (sulfide) groups is 1. The zero-order chi connectivity index (χ0) is 20.4. The fraction of sp³-hybridized carbons (Fsp3) is 0.300. The van der Waals surface area contributed by atoms with Gasteiger partial charge in [0, 0.05) is 30.6 Å². The van der Waals surface area contributed by atoms with Crippen molar-refractivity contribution in [1.82, 2.24) is 19.1 Å². The quantitative estimate of drug-likeness (QED) is 0.526. The molecule has 2 aromatic heterocycles. The third kappa shape index (κ3) is 4.21. The molecule has 6 nitrogen and oxygen atoms in total. The topological polar surface area (TPSA) is 68.1 Å². The molecule has 0 atom stereocenters. The first-order valence-corrected chi connectivity index (χ1v) is 12.2. The van der Waals surface area contributed by atoms with Crippen LogP contribution in [0.25, 0.3) is 5.69 Å². The van der Waals surface area contributed by atoms with Gasteiger partial charge in [0.1, 0.15) is 10.0 Å². The van der Waals surface area contributed by atoms with Crippen LogP contribution in [0, 0.1) is 6.92 Å². The summed E-state index contributed by atoms with van der Waals surface area (Å²) in [6.45, 7) is 3.10. The van der Waals surface area contributed by atoms with Crippen LogP contribution in [-0.2, 0) is 15.8 Å². The third-order valence-electron chi connectivity index (χ3n) is 4.90. The molecule has 1 aromatic carbocycles. The Morgan fingerprint density at radius 1 is 1.10 bits per heavy atom. The Kier molecular flexibility index (Phi) is 5.96. The standard InChI is InChI=1S/C20H21ClN4O2S2/c1-15-18(20(21)25(23-15)16-7-3-2-4-8-16)14-28-19-10-9-17(13-22-19)29(26,27)24-11-5-6-12-24/h2-4,7-10,13H,5-6,11-12,14H2,1H3. The lowest BCUT2D eigenvalue weighted by Gasteiger charge is -2.15. The molecule has 29 heavy (non-hydrogen) atoms. The molecule has 1 fully saturated rings. The monoisotopic (exact) mass is 448 g/mol. The summed E-state index contributed by atoms with van der Waals surface area (Å²) in [7, 11) is -3.44. The van der Waals surface area contributed by atoms with Crippen LogP contribution in [0.3, 0.4) is 0 Å². The maximum atomic E-state index is 12.6. The second-order valence-corrected chi connectivity index (χ2v) is 10.1. The van der Waals surface area contributed by atoms with Crippen molar-refractivity contribution < 1.29 is 8.42 Å². The fourth-order valence-electron chi connectivity index (χ4n) is 3.26. The fourth-order valence-corrected chi connectivity index (χ4v) is 6.07. The number of hydrogen-bond acceptors (Lipinski definition) is 5. The molecule has 0 aliphatic carbocycles. The number of nitrogens with zero attached hydrogens (tertiary/aromatic N) is 4. The minimum absolute atomic E-state index is 0.245. The molecule has 0 saturated carbocycles. The van der Waals surface area contributed by atoms with E-state index < -0.39 is 10.0 Å². The third-order valence-corrected chi connectivity index (χ3v) is 8.14. The van der Waals surface area contributed by atoms with Gasteiger partial charge in [-0.1, -0.05) is 29.8 Å². The van der Waals surface area contributed by atoms with E-state index in [0.29, 0.717) is 24.0 Å². The molecule has 0 amide bonds. The summed E-state index contributed by atoms with van der Waals surface area (Å²) in [5, 5.41) is 5.87. The molecule has 1 aliphatic rings. The van der Waals surface area contributed by atoms with Crippen LogP contribution >= 0.6 is 23.4 Å². The van der Waals surface area contributed by atoms with Crippen molar-refractivity contribution in [2.75, 3.05) is 13.1 Å². The van der Waals surface area contributed by atoms with E-state index in [1.54, 1.807) is 16.8 Å². The van der Waals surface area contributed by atoms with Crippen LogP contribution < -0.4 is 0 Å². The lowest BCUT2D eigenvalue weighted by Crippen LogP contribution is -2.27. The SMILES string of the molecule is Cc1nn(-c2ccccc2)c(Cl)c1CSc1ccc(S(=O)(=O)N2CCCC2)cn1. The van der Waals surface area contributed by atoms with Crippen molar-refractivity contribution in [3.05, 3.63) is 65.1 Å². The van der Waals surface area contributed by atoms with Gasteiger partial charge < -0.3 is 0 Å². The van der Waals surface area contributed by atoms with Gasteiger partial charge in [-0.25, -0.2) is 18.1 Å². The highest BCUT2D eigenvalue weighted by Crippen LogP contribution is 2.30. The normalized spacial score (nSPS) is 15.1. The Hall–Kier alpha value is -1.87. The summed E-state index contributed by atoms with van der Waals surface area (Å²) in [6.07, 6.45) is 3.27. The number of halogens is 1. The summed E-state index contributed by atoms with van der Waals surface area (Å²) < 4.78 is 28.5. The first-order chi connectivity index (χ1) is 14.0. The number of benzene rings is 1. The molecule has 0 unspecified atom stereocenters. The van der Waals surface area contributed by atoms with Crippen LogP contribution in [0.15, 0.2) is 58.6 Å². The van der Waals surface area contributed by atoms with Crippen LogP contribution in [0.4, 0.5) is 0 Å². The average Bonchev–Trinajstić information content (AvgIpc) is 3.37. The average molecular weight is 449 g/mol. The van der Waals surface area contributed by atoms with Gasteiger partial charge in [0.25, 0.3) is 0 Å². The van der Waals surface area contributed by atoms with E-state index in [1.165, 1.54) is 22.3 Å². The molecule has 9 heteroatoms. The Labute approximate surface area is 180 Å². The van der Waals surface area contributed by atoms with Gasteiger partial charge in [-0.3, -0.25) is 0 Å². The largest absolute Gasteiger partial charge is 0.249 e. The van der Waals surface area contributed by atoms with Crippen molar-refractivity contribution >= 4 is 33.4 Å². The number of pyridine rings is 1. The number of para-hydroxylation sites is 1. The highest BCUT2D eigenvalue weighted by Gasteiger charge is 2.27. The summed E-state index contributed by atoms with van der Waals surface area (Å²) in [4.78, 5) is 4.59. The van der Waals surface area contributed by atoms with Crippen molar-refractivity contribution in [1.29, 1.82) is 0 Å². The maximum absolute atomic E-state index is 12.6. The molecule has 3 heterocycles. The van der Waals surface area contributed by atoms with Gasteiger partial charge in [0.15, 0.2) is 0 Å². The number of hydrogen-bond donors (Lipinski definition) is 0. The van der Waals surface area contributed by atoms with Crippen molar-refractivity contribution in [3.8, 4) is 5.69 Å². The Morgan fingerprint density at radius 2 is 1.83 bits per heavy atom. The van der Waals surface area contributed by atoms with Crippen molar-refractivity contribution in [2.24, 2.45) is 0 Å². The first-order valence-electron chi connectivity index (χ1n) is 9.35. The van der Waals surface area contributed by atoms with E-state index in [2.05, 4.69) is 10.1 Å². The number of rotatable bonds is 6. The van der Waals surface area contributed by atoms with E-state index in [-0.39, 0.29) is 4.90 Å². The predicted molar refractivity (Wildman–Crippen MR) is 115 cm³/mol. The molecule has 1 saturated heterocycles. The molecule has 0 bridgehead atoms. The van der Waals surface area contributed by atoms with Gasteiger partial charge in [0.05, 0.1) is 16.4 Å². The van der Waals surface area contributed by atoms with Crippen molar-refractivity contribution in [3.63, 3.8) is 0 Å². The smallest absolute Gasteiger partial charge is 0.244 e. The van der Waals surface area contributed by atoms with Gasteiger partial charge in [0.2, 0.25) is 10.0 Å². The first kappa shape index (κ1) is 20.4. The summed E-state index contributed by atoms with van der Waals surface area (Å²) in [6, 6.07) is 13.1. The summed E-state index contributed by atoms with van der Waals surface area (Å²) in [5.41, 5.74) is 2.71. The van der Waals surface area contributed by atoms with E-state index in [4.69, 9.17) is 11.6 Å². The second kappa shape index (κ2) is 8.47. The molecule has 152 valence electrons. The number of sulfonamides is 1. The van der Waals surface area contributed by atoms with E-state index in [9.17, 15) is 8.42 Å². The van der Waals surface area contributed by atoms with Gasteiger partial charge in [-0.05, 0) is 44.0 Å². The molecule has 0 N–H and O–H groups in total. The lowest BCUT2D eigenvalue weighted by molar-refractivity contribution is 0.477. The van der Waals surface area contributed by atoms with E-state index >= 15 is 0 Å². The Morgan fingerprint density at radius 3 is 2.48 bits per heavy atom. The summed E-state index contributed by atoms with van der Waals surface area (Å²) in [5.74, 6) is 0.600. The zero-order valence-electron chi connectivity index (χ0n) is 16.0. The predicted octanol–water partition coefficient (Wildman–Crippen LogP) is 4.31. The van der Waals surface area contributed by atoms with E-state index in [1.807, 2.05) is 37.3 Å². The molecule has 0 radical (unpaired) electrons. The van der Waals surface area contributed by atoms with Crippen LogP contribution in [0.1, 0.15) is 24.1 Å². The molecule has 1 aliphatic heterocycles. The molecular weight excluding hydrogens is 428 g/mol. The Bertz CT molecular complexity index is 1090. The minimum atomic E-state index is -3.44. The zero-order valence-corrected chi connectivity index (χ0v) is 18.3. The Balaban J connectivity index is 1.48.